The maximum atomic E-state index is 13.7. The minimum absolute atomic E-state index is 0.0317. The molecular formula is C25H33N3O2S2. The summed E-state index contributed by atoms with van der Waals surface area (Å²) in [5, 5.41) is 4.67. The zero-order valence-electron chi connectivity index (χ0n) is 18.8. The number of carbonyl (C=O) groups excluding carboxylic acids is 1. The second-order valence-corrected chi connectivity index (χ2v) is 11.4. The van der Waals surface area contributed by atoms with E-state index in [0.29, 0.717) is 12.3 Å². The van der Waals surface area contributed by atoms with E-state index in [-0.39, 0.29) is 17.5 Å². The fourth-order valence-electron chi connectivity index (χ4n) is 5.46. The molecule has 1 N–H and O–H groups in total. The van der Waals surface area contributed by atoms with Crippen molar-refractivity contribution < 1.29 is 4.79 Å². The highest BCUT2D eigenvalue weighted by Gasteiger charge is 2.27. The van der Waals surface area contributed by atoms with Crippen LogP contribution in [0.15, 0.2) is 21.6 Å². The molecule has 172 valence electrons. The van der Waals surface area contributed by atoms with Gasteiger partial charge in [0, 0.05) is 17.5 Å². The minimum atomic E-state index is 0.0317. The summed E-state index contributed by atoms with van der Waals surface area (Å²) in [5.41, 5.74) is 2.87. The van der Waals surface area contributed by atoms with E-state index in [9.17, 15) is 9.59 Å². The average molecular weight is 472 g/mol. The number of amides is 1. The van der Waals surface area contributed by atoms with E-state index >= 15 is 0 Å². The quantitative estimate of drug-likeness (QED) is 0.327. The molecule has 2 aromatic rings. The van der Waals surface area contributed by atoms with E-state index < -0.39 is 0 Å². The number of nitrogens with one attached hydrogen (secondary N) is 1. The Kier molecular flexibility index (Phi) is 7.02. The van der Waals surface area contributed by atoms with Crippen LogP contribution in [0, 0.1) is 0 Å². The summed E-state index contributed by atoms with van der Waals surface area (Å²) in [6.07, 6.45) is 17.0. The van der Waals surface area contributed by atoms with E-state index in [1.807, 2.05) is 4.57 Å². The van der Waals surface area contributed by atoms with Crippen molar-refractivity contribution >= 4 is 39.2 Å². The summed E-state index contributed by atoms with van der Waals surface area (Å²) >= 11 is 3.13. The van der Waals surface area contributed by atoms with Crippen molar-refractivity contribution in [3.8, 4) is 0 Å². The van der Waals surface area contributed by atoms with Gasteiger partial charge in [0.25, 0.3) is 5.56 Å². The second kappa shape index (κ2) is 10.1. The molecule has 0 saturated heterocycles. The lowest BCUT2D eigenvalue weighted by Gasteiger charge is -2.18. The van der Waals surface area contributed by atoms with E-state index in [1.165, 1.54) is 59.9 Å². The van der Waals surface area contributed by atoms with Gasteiger partial charge in [-0.2, -0.15) is 0 Å². The summed E-state index contributed by atoms with van der Waals surface area (Å²) in [5.74, 6) is 0.346. The fourth-order valence-corrected chi connectivity index (χ4v) is 7.66. The van der Waals surface area contributed by atoms with Crippen molar-refractivity contribution in [2.45, 2.75) is 94.7 Å². The predicted molar refractivity (Wildman–Crippen MR) is 133 cm³/mol. The number of aryl methyl sites for hydroxylation is 2. The largest absolute Gasteiger partial charge is 0.355 e. The van der Waals surface area contributed by atoms with Gasteiger partial charge in [-0.1, -0.05) is 36.3 Å². The van der Waals surface area contributed by atoms with Gasteiger partial charge in [0.1, 0.15) is 4.83 Å². The number of nitrogens with zero attached hydrogens (tertiary/aromatic N) is 2. The number of aromatic nitrogens is 2. The molecule has 0 aliphatic heterocycles. The minimum Gasteiger partial charge on any atom is -0.355 e. The van der Waals surface area contributed by atoms with Crippen LogP contribution in [0.4, 0.5) is 0 Å². The van der Waals surface area contributed by atoms with Crippen molar-refractivity contribution in [2.75, 3.05) is 12.3 Å². The smallest absolute Gasteiger partial charge is 0.263 e. The maximum Gasteiger partial charge on any atom is 0.263 e. The molecule has 0 unspecified atom stereocenters. The zero-order chi connectivity index (χ0) is 21.9. The number of fused-ring (bicyclic) bond motifs is 3. The molecule has 7 heteroatoms. The molecule has 3 aliphatic rings. The third kappa shape index (κ3) is 4.69. The summed E-state index contributed by atoms with van der Waals surface area (Å²) in [6.45, 7) is 0.699. The highest BCUT2D eigenvalue weighted by molar-refractivity contribution is 7.99. The van der Waals surface area contributed by atoms with Gasteiger partial charge in [-0.3, -0.25) is 14.2 Å². The van der Waals surface area contributed by atoms with Crippen molar-refractivity contribution in [3.63, 3.8) is 0 Å². The molecule has 1 fully saturated rings. The summed E-state index contributed by atoms with van der Waals surface area (Å²) in [7, 11) is 0. The lowest BCUT2D eigenvalue weighted by Crippen LogP contribution is -2.29. The molecule has 0 atom stereocenters. The van der Waals surface area contributed by atoms with Crippen LogP contribution in [0.25, 0.3) is 10.2 Å². The SMILES string of the molecule is O=C(CSc1nc2sc3c(c2c(=O)n1C1CCCC1)CCCC3)NCCC1=CCCCC1. The molecule has 1 saturated carbocycles. The number of carbonyl (C=O) groups is 1. The summed E-state index contributed by atoms with van der Waals surface area (Å²) in [6, 6.07) is 0.224. The van der Waals surface area contributed by atoms with Gasteiger partial charge in [0.15, 0.2) is 5.16 Å². The maximum absolute atomic E-state index is 13.7. The van der Waals surface area contributed by atoms with Crippen LogP contribution in [0.2, 0.25) is 0 Å². The van der Waals surface area contributed by atoms with Crippen molar-refractivity contribution in [1.82, 2.24) is 14.9 Å². The third-order valence-electron chi connectivity index (χ3n) is 7.16. The molecule has 3 aliphatic carbocycles. The second-order valence-electron chi connectivity index (χ2n) is 9.40. The van der Waals surface area contributed by atoms with Crippen LogP contribution >= 0.6 is 23.1 Å². The van der Waals surface area contributed by atoms with Crippen LogP contribution in [-0.2, 0) is 17.6 Å². The van der Waals surface area contributed by atoms with Crippen molar-refractivity contribution in [2.24, 2.45) is 0 Å². The Bertz CT molecular complexity index is 1080. The number of hydrogen-bond acceptors (Lipinski definition) is 5. The first kappa shape index (κ1) is 22.2. The number of allylic oxidation sites excluding steroid dienone is 1. The molecule has 2 aromatic heterocycles. The van der Waals surface area contributed by atoms with Crippen LogP contribution < -0.4 is 10.9 Å². The Morgan fingerprint density at radius 1 is 1.12 bits per heavy atom. The van der Waals surface area contributed by atoms with Gasteiger partial charge in [0.05, 0.1) is 11.1 Å². The zero-order valence-corrected chi connectivity index (χ0v) is 20.4. The first-order valence-corrected chi connectivity index (χ1v) is 14.1. The van der Waals surface area contributed by atoms with E-state index in [4.69, 9.17) is 4.98 Å². The first-order chi connectivity index (χ1) is 15.7. The molecule has 32 heavy (non-hydrogen) atoms. The van der Waals surface area contributed by atoms with Gasteiger partial charge >= 0.3 is 0 Å². The highest BCUT2D eigenvalue weighted by Crippen LogP contribution is 2.37. The summed E-state index contributed by atoms with van der Waals surface area (Å²) < 4.78 is 1.95. The van der Waals surface area contributed by atoms with E-state index in [1.54, 1.807) is 11.3 Å². The predicted octanol–water partition coefficient (Wildman–Crippen LogP) is 5.55. The van der Waals surface area contributed by atoms with Gasteiger partial charge in [-0.25, -0.2) is 4.98 Å². The van der Waals surface area contributed by atoms with Crippen LogP contribution in [0.3, 0.4) is 0 Å². The highest BCUT2D eigenvalue weighted by atomic mass is 32.2. The van der Waals surface area contributed by atoms with Gasteiger partial charge in [0.2, 0.25) is 5.91 Å². The van der Waals surface area contributed by atoms with Crippen LogP contribution in [0.1, 0.15) is 87.1 Å². The molecule has 1 amide bonds. The van der Waals surface area contributed by atoms with Gasteiger partial charge in [-0.15, -0.1) is 11.3 Å². The Morgan fingerprint density at radius 3 is 2.75 bits per heavy atom. The van der Waals surface area contributed by atoms with E-state index in [2.05, 4.69) is 11.4 Å². The number of rotatable bonds is 7. The molecule has 0 radical (unpaired) electrons. The third-order valence-corrected chi connectivity index (χ3v) is 9.30. The van der Waals surface area contributed by atoms with Crippen molar-refractivity contribution in [1.29, 1.82) is 0 Å². The Hall–Kier alpha value is -1.60. The van der Waals surface area contributed by atoms with Gasteiger partial charge in [-0.05, 0) is 76.2 Å². The normalized spacial score (nSPS) is 19.2. The van der Waals surface area contributed by atoms with Crippen LogP contribution in [-0.4, -0.2) is 27.8 Å². The molecule has 2 heterocycles. The lowest BCUT2D eigenvalue weighted by molar-refractivity contribution is -0.118. The van der Waals surface area contributed by atoms with Gasteiger partial charge < -0.3 is 5.32 Å². The first-order valence-electron chi connectivity index (χ1n) is 12.3. The Morgan fingerprint density at radius 2 is 1.94 bits per heavy atom. The fraction of sp³-hybridized carbons (Fsp3) is 0.640. The molecule has 0 bridgehead atoms. The van der Waals surface area contributed by atoms with Crippen LogP contribution in [0.5, 0.6) is 0 Å². The molecule has 5 rings (SSSR count). The number of thiophene rings is 1. The topological polar surface area (TPSA) is 64.0 Å². The Balaban J connectivity index is 1.33. The Labute approximate surface area is 198 Å². The van der Waals surface area contributed by atoms with E-state index in [0.717, 1.165) is 66.7 Å². The molecule has 5 nitrogen and oxygen atoms in total. The molecule has 0 aromatic carbocycles. The molecular weight excluding hydrogens is 438 g/mol. The number of thioether (sulfide) groups is 1. The number of hydrogen-bond donors (Lipinski definition) is 1. The summed E-state index contributed by atoms with van der Waals surface area (Å²) in [4.78, 5) is 33.4. The monoisotopic (exact) mass is 471 g/mol. The standard InChI is InChI=1S/C25H33N3O2S2/c29-21(26-15-14-17-8-2-1-3-9-17)16-31-25-27-23-22(19-12-6-7-13-20(19)32-23)24(30)28(25)18-10-4-5-11-18/h8,18H,1-7,9-16H2,(H,26,29). The van der Waals surface area contributed by atoms with Crippen molar-refractivity contribution in [3.05, 3.63) is 32.4 Å². The average Bonchev–Trinajstić information content (AvgIpc) is 3.46. The molecule has 0 spiro atoms. The lowest BCUT2D eigenvalue weighted by atomic mass is 9.97.